The summed E-state index contributed by atoms with van der Waals surface area (Å²) in [5, 5.41) is 11.3. The molecule has 0 bridgehead atoms. The van der Waals surface area contributed by atoms with Crippen LogP contribution < -0.4 is 0 Å². The number of benzene rings is 2. The molecule has 5 heteroatoms. The zero-order chi connectivity index (χ0) is 19.7. The first-order valence-corrected chi connectivity index (χ1v) is 9.30. The lowest BCUT2D eigenvalue weighted by Gasteiger charge is -2.34. The molecule has 2 aliphatic rings. The summed E-state index contributed by atoms with van der Waals surface area (Å²) in [5.74, 6) is -0.366. The van der Waals surface area contributed by atoms with Crippen molar-refractivity contribution in [1.82, 2.24) is 9.80 Å². The van der Waals surface area contributed by atoms with Crippen molar-refractivity contribution in [2.24, 2.45) is 0 Å². The number of allylic oxidation sites excluding steroid dienone is 1. The Kier molecular flexibility index (Phi) is 4.80. The van der Waals surface area contributed by atoms with E-state index in [1.54, 1.807) is 28.3 Å². The second-order valence-corrected chi connectivity index (χ2v) is 7.20. The smallest absolute Gasteiger partial charge is 0.279 e. The molecule has 2 aliphatic heterocycles. The summed E-state index contributed by atoms with van der Waals surface area (Å²) in [6, 6.07) is 17.3. The van der Waals surface area contributed by atoms with Gasteiger partial charge in [0.1, 0.15) is 0 Å². The Bertz CT molecular complexity index is 1040. The molecule has 28 heavy (non-hydrogen) atoms. The highest BCUT2D eigenvalue weighted by molar-refractivity contribution is 6.30. The van der Waals surface area contributed by atoms with Crippen LogP contribution >= 0.6 is 11.6 Å². The summed E-state index contributed by atoms with van der Waals surface area (Å²) in [7, 11) is 0. The molecule has 2 aromatic carbocycles. The summed E-state index contributed by atoms with van der Waals surface area (Å²) < 4.78 is 0. The molecule has 0 spiro atoms. The van der Waals surface area contributed by atoms with Crippen molar-refractivity contribution >= 4 is 17.5 Å². The van der Waals surface area contributed by atoms with Gasteiger partial charge in [0.15, 0.2) is 11.5 Å². The molecule has 0 saturated heterocycles. The van der Waals surface area contributed by atoms with E-state index in [1.807, 2.05) is 54.7 Å². The van der Waals surface area contributed by atoms with Gasteiger partial charge in [-0.05, 0) is 35.3 Å². The predicted molar refractivity (Wildman–Crippen MR) is 110 cm³/mol. The number of hydrogen-bond donors (Lipinski definition) is 1. The van der Waals surface area contributed by atoms with Crippen LogP contribution in [0.5, 0.6) is 0 Å². The molecule has 0 atom stereocenters. The molecule has 1 N–H and O–H groups in total. The van der Waals surface area contributed by atoms with E-state index in [0.717, 1.165) is 16.7 Å². The van der Waals surface area contributed by atoms with Crippen molar-refractivity contribution in [3.63, 3.8) is 0 Å². The highest BCUT2D eigenvalue weighted by Crippen LogP contribution is 2.33. The first-order chi connectivity index (χ1) is 13.5. The second kappa shape index (κ2) is 7.41. The molecule has 0 fully saturated rings. The van der Waals surface area contributed by atoms with Crippen LogP contribution in [-0.4, -0.2) is 20.8 Å². The standard InChI is InChI=1S/C23H19ClN2O2/c1-16-19(12-17-6-3-2-4-7-17)15-25-10-11-26(23(28)21(25)22(16)27)14-18-8-5-9-20(24)13-18/h2-11,13,15,27H,1,12,14H2. The normalized spacial score (nSPS) is 16.4. The number of carbonyl (C=O) groups excluding carboxylic acids is 1. The Morgan fingerprint density at radius 2 is 1.75 bits per heavy atom. The van der Waals surface area contributed by atoms with Gasteiger partial charge in [-0.3, -0.25) is 4.79 Å². The molecule has 0 saturated carbocycles. The average Bonchev–Trinajstić information content (AvgIpc) is 2.69. The van der Waals surface area contributed by atoms with Crippen LogP contribution in [0, 0.1) is 0 Å². The van der Waals surface area contributed by atoms with Gasteiger partial charge in [-0.15, -0.1) is 0 Å². The number of carbonyl (C=O) groups is 1. The summed E-state index contributed by atoms with van der Waals surface area (Å²) in [6.45, 7) is 4.37. The Morgan fingerprint density at radius 3 is 2.50 bits per heavy atom. The van der Waals surface area contributed by atoms with Gasteiger partial charge >= 0.3 is 0 Å². The topological polar surface area (TPSA) is 43.8 Å². The molecule has 0 radical (unpaired) electrons. The summed E-state index contributed by atoms with van der Waals surface area (Å²) in [4.78, 5) is 16.2. The Hall–Kier alpha value is -3.24. The van der Waals surface area contributed by atoms with Crippen molar-refractivity contribution in [3.05, 3.63) is 119 Å². The largest absolute Gasteiger partial charge is 0.505 e. The fourth-order valence-corrected chi connectivity index (χ4v) is 3.55. The summed E-state index contributed by atoms with van der Waals surface area (Å²) >= 11 is 6.04. The number of amides is 1. The average molecular weight is 391 g/mol. The Labute approximate surface area is 169 Å². The third-order valence-corrected chi connectivity index (χ3v) is 5.04. The van der Waals surface area contributed by atoms with Crippen LogP contribution in [0.15, 0.2) is 102 Å². The van der Waals surface area contributed by atoms with Gasteiger partial charge < -0.3 is 14.9 Å². The van der Waals surface area contributed by atoms with Crippen molar-refractivity contribution in [1.29, 1.82) is 0 Å². The van der Waals surface area contributed by atoms with Crippen LogP contribution in [-0.2, 0) is 17.8 Å². The number of aliphatic hydroxyl groups is 1. The first-order valence-electron chi connectivity index (χ1n) is 8.92. The minimum atomic E-state index is -0.281. The number of aliphatic hydroxyl groups excluding tert-OH is 1. The molecule has 0 aromatic heterocycles. The van der Waals surface area contributed by atoms with Gasteiger partial charge in [-0.1, -0.05) is 60.6 Å². The molecule has 2 aromatic rings. The van der Waals surface area contributed by atoms with Crippen LogP contribution in [0.25, 0.3) is 0 Å². The van der Waals surface area contributed by atoms with Gasteiger partial charge in [0.25, 0.3) is 5.91 Å². The van der Waals surface area contributed by atoms with E-state index in [9.17, 15) is 9.90 Å². The van der Waals surface area contributed by atoms with Crippen molar-refractivity contribution in [2.75, 3.05) is 0 Å². The summed E-state index contributed by atoms with van der Waals surface area (Å²) in [5.41, 5.74) is 3.58. The third-order valence-electron chi connectivity index (χ3n) is 4.80. The lowest BCUT2D eigenvalue weighted by atomic mass is 9.94. The number of hydrogen-bond acceptors (Lipinski definition) is 3. The number of halogens is 1. The minimum Gasteiger partial charge on any atom is -0.505 e. The predicted octanol–water partition coefficient (Wildman–Crippen LogP) is 4.92. The number of fused-ring (bicyclic) bond motifs is 1. The van der Waals surface area contributed by atoms with Crippen LogP contribution in [0.1, 0.15) is 11.1 Å². The van der Waals surface area contributed by atoms with Crippen molar-refractivity contribution < 1.29 is 9.90 Å². The minimum absolute atomic E-state index is 0.0844. The maximum Gasteiger partial charge on any atom is 0.279 e. The van der Waals surface area contributed by atoms with Crippen LogP contribution in [0.2, 0.25) is 5.02 Å². The van der Waals surface area contributed by atoms with Gasteiger partial charge in [-0.2, -0.15) is 0 Å². The fraction of sp³-hybridized carbons (Fsp3) is 0.0870. The van der Waals surface area contributed by atoms with E-state index in [4.69, 9.17) is 11.6 Å². The van der Waals surface area contributed by atoms with Crippen molar-refractivity contribution in [2.45, 2.75) is 13.0 Å². The molecule has 0 unspecified atom stereocenters. The lowest BCUT2D eigenvalue weighted by molar-refractivity contribution is -0.127. The van der Waals surface area contributed by atoms with Crippen LogP contribution in [0.4, 0.5) is 0 Å². The van der Waals surface area contributed by atoms with E-state index in [2.05, 4.69) is 6.58 Å². The Morgan fingerprint density at radius 1 is 1.00 bits per heavy atom. The lowest BCUT2D eigenvalue weighted by Crippen LogP contribution is -2.38. The van der Waals surface area contributed by atoms with Gasteiger partial charge in [-0.25, -0.2) is 0 Å². The van der Waals surface area contributed by atoms with Gasteiger partial charge in [0, 0.05) is 29.2 Å². The molecular weight excluding hydrogens is 372 g/mol. The zero-order valence-electron chi connectivity index (χ0n) is 15.2. The highest BCUT2D eigenvalue weighted by atomic mass is 35.5. The van der Waals surface area contributed by atoms with Crippen LogP contribution in [0.3, 0.4) is 0 Å². The van der Waals surface area contributed by atoms with E-state index >= 15 is 0 Å². The number of rotatable bonds is 4. The number of nitrogens with zero attached hydrogens (tertiary/aromatic N) is 2. The SMILES string of the molecule is C=C1C(Cc2ccccc2)=CN2C=CN(Cc3cccc(Cl)c3)C(=O)C2=C1O. The molecule has 4 rings (SSSR count). The first kappa shape index (κ1) is 18.1. The molecule has 140 valence electrons. The highest BCUT2D eigenvalue weighted by Gasteiger charge is 2.33. The van der Waals surface area contributed by atoms with Gasteiger partial charge in [0.2, 0.25) is 0 Å². The maximum atomic E-state index is 13.0. The monoisotopic (exact) mass is 390 g/mol. The zero-order valence-corrected chi connectivity index (χ0v) is 15.9. The molecular formula is C23H19ClN2O2. The second-order valence-electron chi connectivity index (χ2n) is 6.76. The van der Waals surface area contributed by atoms with E-state index < -0.39 is 0 Å². The van der Waals surface area contributed by atoms with E-state index in [-0.39, 0.29) is 17.4 Å². The van der Waals surface area contributed by atoms with E-state index in [1.165, 1.54) is 0 Å². The molecule has 2 heterocycles. The Balaban J connectivity index is 1.60. The van der Waals surface area contributed by atoms with Crippen molar-refractivity contribution in [3.8, 4) is 0 Å². The van der Waals surface area contributed by atoms with Gasteiger partial charge in [0.05, 0.1) is 6.54 Å². The molecule has 4 nitrogen and oxygen atoms in total. The maximum absolute atomic E-state index is 13.0. The quantitative estimate of drug-likeness (QED) is 0.805. The third kappa shape index (κ3) is 3.47. The fourth-order valence-electron chi connectivity index (χ4n) is 3.34. The molecule has 0 aliphatic carbocycles. The van der Waals surface area contributed by atoms with E-state index in [0.29, 0.717) is 23.6 Å². The molecule has 1 amide bonds. The summed E-state index contributed by atoms with van der Waals surface area (Å²) in [6.07, 6.45) is 5.97.